The number of carbonyl (C=O) groups excluding carboxylic acids is 1. The Morgan fingerprint density at radius 2 is 1.63 bits per heavy atom. The van der Waals surface area contributed by atoms with Crippen molar-refractivity contribution in [1.82, 2.24) is 20.0 Å². The molecule has 2 unspecified atom stereocenters. The molecule has 0 radical (unpaired) electrons. The molecule has 0 saturated carbocycles. The number of nitrogens with zero attached hydrogens (tertiary/aromatic N) is 3. The summed E-state index contributed by atoms with van der Waals surface area (Å²) in [6.07, 6.45) is -4.41. The number of nitrogens with one attached hydrogen (secondary N) is 1. The molecule has 0 bridgehead atoms. The van der Waals surface area contributed by atoms with Crippen LogP contribution in [0.15, 0.2) is 36.4 Å². The summed E-state index contributed by atoms with van der Waals surface area (Å²) in [5.41, 5.74) is 3.10. The van der Waals surface area contributed by atoms with Crippen molar-refractivity contribution in [3.63, 3.8) is 0 Å². The summed E-state index contributed by atoms with van der Waals surface area (Å²) in [5, 5.41) is 3.47. The van der Waals surface area contributed by atoms with Crippen molar-refractivity contribution in [1.29, 1.82) is 0 Å². The van der Waals surface area contributed by atoms with E-state index in [1.165, 1.54) is 23.3 Å². The van der Waals surface area contributed by atoms with Gasteiger partial charge in [-0.15, -0.1) is 0 Å². The van der Waals surface area contributed by atoms with Gasteiger partial charge in [0.25, 0.3) is 5.91 Å². The number of benzene rings is 2. The normalized spacial score (nSPS) is 16.5. The van der Waals surface area contributed by atoms with E-state index in [0.717, 1.165) is 36.5 Å². The highest BCUT2D eigenvalue weighted by Gasteiger charge is 2.31. The van der Waals surface area contributed by atoms with E-state index >= 15 is 0 Å². The average Bonchev–Trinajstić information content (AvgIpc) is 2.87. The molecule has 2 aromatic rings. The van der Waals surface area contributed by atoms with E-state index in [0.29, 0.717) is 38.8 Å². The van der Waals surface area contributed by atoms with Gasteiger partial charge in [0.15, 0.2) is 0 Å². The van der Waals surface area contributed by atoms with Crippen LogP contribution in [0.2, 0.25) is 0 Å². The van der Waals surface area contributed by atoms with Crippen molar-refractivity contribution in [3.05, 3.63) is 64.2 Å². The summed E-state index contributed by atoms with van der Waals surface area (Å²) < 4.78 is 44.5. The lowest BCUT2D eigenvalue weighted by atomic mass is 9.96. The average molecular weight is 535 g/mol. The van der Waals surface area contributed by atoms with Crippen LogP contribution in [0.3, 0.4) is 0 Å². The van der Waals surface area contributed by atoms with Gasteiger partial charge < -0.3 is 19.9 Å². The number of hydrogen-bond acceptors (Lipinski definition) is 5. The van der Waals surface area contributed by atoms with Gasteiger partial charge in [-0.25, -0.2) is 0 Å². The molecule has 1 aliphatic rings. The summed E-state index contributed by atoms with van der Waals surface area (Å²) in [4.78, 5) is 19.1. The van der Waals surface area contributed by atoms with Gasteiger partial charge >= 0.3 is 6.18 Å². The molecular formula is C29H41F3N4O2. The molecule has 1 aliphatic heterocycles. The fourth-order valence-corrected chi connectivity index (χ4v) is 5.00. The Kier molecular flexibility index (Phi) is 10.2. The third-order valence-corrected chi connectivity index (χ3v) is 7.33. The zero-order valence-electron chi connectivity index (χ0n) is 23.4. The highest BCUT2D eigenvalue weighted by Crippen LogP contribution is 2.32. The molecule has 0 aromatic heterocycles. The molecule has 1 heterocycles. The van der Waals surface area contributed by atoms with E-state index in [1.54, 1.807) is 4.90 Å². The van der Waals surface area contributed by atoms with E-state index in [4.69, 9.17) is 4.74 Å². The zero-order valence-corrected chi connectivity index (χ0v) is 23.4. The molecule has 0 aliphatic carbocycles. The standard InChI is InChI=1S/C29H41F3N4O2/c1-20(19-34(5)6)33-13-18-38-27-12-11-26(21(2)22(27)3)23(4)35-14-16-36(17-15-35)28(37)24-7-9-25(10-8-24)29(30,31)32/h7-12,20,23,33H,13-19H2,1-6H3. The topological polar surface area (TPSA) is 48.1 Å². The molecule has 210 valence electrons. The minimum absolute atomic E-state index is 0.166. The van der Waals surface area contributed by atoms with Crippen molar-refractivity contribution in [2.75, 3.05) is 60.0 Å². The number of hydrogen-bond donors (Lipinski definition) is 1. The maximum absolute atomic E-state index is 12.8. The van der Waals surface area contributed by atoms with Gasteiger partial charge in [-0.05, 0) is 88.8 Å². The maximum atomic E-state index is 12.8. The lowest BCUT2D eigenvalue weighted by molar-refractivity contribution is -0.137. The number of ether oxygens (including phenoxy) is 1. The number of piperazine rings is 1. The van der Waals surface area contributed by atoms with Crippen LogP contribution in [0.1, 0.15) is 52.5 Å². The van der Waals surface area contributed by atoms with Gasteiger partial charge in [-0.3, -0.25) is 9.69 Å². The Morgan fingerprint density at radius 1 is 1.00 bits per heavy atom. The molecule has 2 atom stereocenters. The molecule has 2 aromatic carbocycles. The Bertz CT molecular complexity index is 1060. The highest BCUT2D eigenvalue weighted by atomic mass is 19.4. The van der Waals surface area contributed by atoms with Gasteiger partial charge in [0, 0.05) is 56.9 Å². The quantitative estimate of drug-likeness (QED) is 0.446. The molecular weight excluding hydrogens is 493 g/mol. The third kappa shape index (κ3) is 7.71. The first-order valence-corrected chi connectivity index (χ1v) is 13.2. The summed E-state index contributed by atoms with van der Waals surface area (Å²) in [5.74, 6) is 0.664. The van der Waals surface area contributed by atoms with Crippen LogP contribution in [0, 0.1) is 13.8 Å². The predicted octanol–water partition coefficient (Wildman–Crippen LogP) is 4.76. The van der Waals surface area contributed by atoms with Crippen LogP contribution in [0.5, 0.6) is 5.75 Å². The smallest absolute Gasteiger partial charge is 0.416 e. The second-order valence-corrected chi connectivity index (χ2v) is 10.4. The van der Waals surface area contributed by atoms with Crippen LogP contribution >= 0.6 is 0 Å². The van der Waals surface area contributed by atoms with E-state index in [1.807, 2.05) is 6.07 Å². The summed E-state index contributed by atoms with van der Waals surface area (Å²) in [6.45, 7) is 13.3. The Balaban J connectivity index is 1.53. The first kappa shape index (κ1) is 29.9. The molecule has 1 N–H and O–H groups in total. The van der Waals surface area contributed by atoms with Crippen LogP contribution in [-0.2, 0) is 6.18 Å². The minimum Gasteiger partial charge on any atom is -0.492 e. The number of alkyl halides is 3. The predicted molar refractivity (Wildman–Crippen MR) is 145 cm³/mol. The number of halogens is 3. The second kappa shape index (κ2) is 13.0. The van der Waals surface area contributed by atoms with Crippen molar-refractivity contribution >= 4 is 5.91 Å². The lowest BCUT2D eigenvalue weighted by Gasteiger charge is -2.39. The van der Waals surface area contributed by atoms with Gasteiger partial charge in [0.2, 0.25) is 0 Å². The maximum Gasteiger partial charge on any atom is 0.416 e. The molecule has 3 rings (SSSR count). The van der Waals surface area contributed by atoms with Gasteiger partial charge in [-0.2, -0.15) is 13.2 Å². The van der Waals surface area contributed by atoms with Gasteiger partial charge in [0.05, 0.1) is 5.56 Å². The number of rotatable bonds is 10. The van der Waals surface area contributed by atoms with Crippen molar-refractivity contribution < 1.29 is 22.7 Å². The fraction of sp³-hybridized carbons (Fsp3) is 0.552. The largest absolute Gasteiger partial charge is 0.492 e. The van der Waals surface area contributed by atoms with Gasteiger partial charge in [-0.1, -0.05) is 6.07 Å². The molecule has 6 nitrogen and oxygen atoms in total. The number of likely N-dealkylation sites (N-methyl/N-ethyl adjacent to an activating group) is 1. The Hall–Kier alpha value is -2.62. The summed E-state index contributed by atoms with van der Waals surface area (Å²) in [7, 11) is 4.12. The molecule has 1 amide bonds. The van der Waals surface area contributed by atoms with Crippen LogP contribution in [0.25, 0.3) is 0 Å². The van der Waals surface area contributed by atoms with Crippen molar-refractivity contribution in [2.24, 2.45) is 0 Å². The second-order valence-electron chi connectivity index (χ2n) is 10.4. The number of amides is 1. The molecule has 1 saturated heterocycles. The molecule has 0 spiro atoms. The zero-order chi connectivity index (χ0) is 28.0. The minimum atomic E-state index is -4.41. The molecule has 38 heavy (non-hydrogen) atoms. The first-order valence-electron chi connectivity index (χ1n) is 13.2. The van der Waals surface area contributed by atoms with E-state index < -0.39 is 11.7 Å². The first-order chi connectivity index (χ1) is 17.9. The monoisotopic (exact) mass is 534 g/mol. The van der Waals surface area contributed by atoms with Crippen LogP contribution in [-0.4, -0.2) is 86.6 Å². The SMILES string of the molecule is Cc1c(OCCNC(C)CN(C)C)ccc(C(C)N2CCN(C(=O)c3ccc(C(F)(F)F)cc3)CC2)c1C. The van der Waals surface area contributed by atoms with Crippen LogP contribution < -0.4 is 10.1 Å². The highest BCUT2D eigenvalue weighted by molar-refractivity contribution is 5.94. The molecule has 9 heteroatoms. The van der Waals surface area contributed by atoms with Gasteiger partial charge in [0.1, 0.15) is 12.4 Å². The van der Waals surface area contributed by atoms with E-state index in [9.17, 15) is 18.0 Å². The summed E-state index contributed by atoms with van der Waals surface area (Å²) in [6, 6.07) is 9.18. The Labute approximate surface area is 224 Å². The van der Waals surface area contributed by atoms with E-state index in [2.05, 4.69) is 63.0 Å². The Morgan fingerprint density at radius 3 is 2.21 bits per heavy atom. The fourth-order valence-electron chi connectivity index (χ4n) is 5.00. The van der Waals surface area contributed by atoms with Crippen molar-refractivity contribution in [2.45, 2.75) is 46.0 Å². The number of carbonyl (C=O) groups is 1. The van der Waals surface area contributed by atoms with E-state index in [-0.39, 0.29) is 17.5 Å². The molecule has 1 fully saturated rings. The van der Waals surface area contributed by atoms with Crippen molar-refractivity contribution in [3.8, 4) is 5.75 Å². The van der Waals surface area contributed by atoms with Crippen LogP contribution in [0.4, 0.5) is 13.2 Å². The lowest BCUT2D eigenvalue weighted by Crippen LogP contribution is -2.49. The summed E-state index contributed by atoms with van der Waals surface area (Å²) >= 11 is 0. The third-order valence-electron chi connectivity index (χ3n) is 7.33.